The van der Waals surface area contributed by atoms with Gasteiger partial charge in [0.2, 0.25) is 5.91 Å². The predicted octanol–water partition coefficient (Wildman–Crippen LogP) is 2.83. The van der Waals surface area contributed by atoms with E-state index in [1.807, 2.05) is 4.90 Å². The number of amides is 3. The number of carbonyl (C=O) groups excluding carboxylic acids is 2. The third-order valence-corrected chi connectivity index (χ3v) is 7.53. The number of aliphatic hydroxyl groups excluding tert-OH is 1. The number of nitriles is 1. The second-order valence-electron chi connectivity index (χ2n) is 10.8. The van der Waals surface area contributed by atoms with Crippen LogP contribution in [-0.2, 0) is 4.79 Å². The summed E-state index contributed by atoms with van der Waals surface area (Å²) in [5.74, 6) is -0.891. The number of hydrogen-bond donors (Lipinski definition) is 3. The molecule has 1 aromatic rings. The lowest BCUT2D eigenvalue weighted by molar-refractivity contribution is -0.124. The number of rotatable bonds is 6. The maximum absolute atomic E-state index is 14.4. The highest BCUT2D eigenvalue weighted by Crippen LogP contribution is 2.46. The molecule has 1 saturated carbocycles. The first-order valence-corrected chi connectivity index (χ1v) is 12.1. The minimum Gasteiger partial charge on any atom is -0.373 e. The molecule has 0 bridgehead atoms. The van der Waals surface area contributed by atoms with Gasteiger partial charge in [-0.25, -0.2) is 13.6 Å². The molecule has 35 heavy (non-hydrogen) atoms. The molecule has 8 nitrogen and oxygen atoms in total. The van der Waals surface area contributed by atoms with Crippen LogP contribution in [0.2, 0.25) is 0 Å². The lowest BCUT2D eigenvalue weighted by Crippen LogP contribution is -2.57. The minimum absolute atomic E-state index is 0.213. The summed E-state index contributed by atoms with van der Waals surface area (Å²) in [5.41, 5.74) is -2.23. The third-order valence-electron chi connectivity index (χ3n) is 7.53. The van der Waals surface area contributed by atoms with Crippen molar-refractivity contribution in [2.75, 3.05) is 24.5 Å². The molecule has 1 aromatic carbocycles. The fourth-order valence-electron chi connectivity index (χ4n) is 5.14. The molecule has 2 atom stereocenters. The third kappa shape index (κ3) is 5.50. The van der Waals surface area contributed by atoms with Gasteiger partial charge >= 0.3 is 6.03 Å². The standard InChI is InChI=1S/C25H33F2N5O3/c1-23(2,27)15-19(20(33)30-25(16-28)7-8-25)29-22(35)31-12-9-24(10-13-31)11-14-32(21(24)34)18-5-3-17(26)4-6-18/h3-6,19,21,34H,7-15H2,1-2H3,(H,29,35)(H,30,33)/t19-,21?/m0/s1. The summed E-state index contributed by atoms with van der Waals surface area (Å²) in [7, 11) is 0. The number of aliphatic hydroxyl groups is 1. The molecule has 1 aliphatic carbocycles. The number of hydrogen-bond acceptors (Lipinski definition) is 5. The number of benzene rings is 1. The molecular formula is C25H33F2N5O3. The zero-order chi connectivity index (χ0) is 25.4. The Kier molecular flexibility index (Phi) is 6.66. The van der Waals surface area contributed by atoms with Crippen LogP contribution in [0, 0.1) is 22.6 Å². The van der Waals surface area contributed by atoms with E-state index in [1.54, 1.807) is 17.0 Å². The molecule has 1 spiro atoms. The minimum atomic E-state index is -1.69. The molecule has 4 rings (SSSR count). The van der Waals surface area contributed by atoms with Gasteiger partial charge in [-0.2, -0.15) is 5.26 Å². The second kappa shape index (κ2) is 9.26. The average Bonchev–Trinajstić information content (AvgIpc) is 3.52. The number of carbonyl (C=O) groups is 2. The largest absolute Gasteiger partial charge is 0.373 e. The van der Waals surface area contributed by atoms with E-state index in [-0.39, 0.29) is 17.7 Å². The van der Waals surface area contributed by atoms with Gasteiger partial charge in [0.05, 0.1) is 6.07 Å². The van der Waals surface area contributed by atoms with Gasteiger partial charge in [0, 0.05) is 37.2 Å². The van der Waals surface area contributed by atoms with Crippen molar-refractivity contribution in [2.45, 2.75) is 75.8 Å². The van der Waals surface area contributed by atoms with Crippen LogP contribution in [0.1, 0.15) is 52.4 Å². The van der Waals surface area contributed by atoms with Gasteiger partial charge in [-0.1, -0.05) is 0 Å². The van der Waals surface area contributed by atoms with Crippen molar-refractivity contribution >= 4 is 17.6 Å². The smallest absolute Gasteiger partial charge is 0.318 e. The van der Waals surface area contributed by atoms with Crippen LogP contribution in [-0.4, -0.2) is 65.1 Å². The summed E-state index contributed by atoms with van der Waals surface area (Å²) in [6.07, 6.45) is 2.02. The Labute approximate surface area is 204 Å². The molecule has 0 radical (unpaired) electrons. The van der Waals surface area contributed by atoms with E-state index in [1.165, 1.54) is 26.0 Å². The number of piperidine rings is 1. The quantitative estimate of drug-likeness (QED) is 0.570. The van der Waals surface area contributed by atoms with Crippen LogP contribution in [0.3, 0.4) is 0 Å². The Bertz CT molecular complexity index is 992. The number of halogens is 2. The van der Waals surface area contributed by atoms with Crippen molar-refractivity contribution in [3.05, 3.63) is 30.1 Å². The van der Waals surface area contributed by atoms with E-state index in [0.29, 0.717) is 45.3 Å². The van der Waals surface area contributed by atoms with E-state index in [9.17, 15) is 28.7 Å². The zero-order valence-corrected chi connectivity index (χ0v) is 20.2. The van der Waals surface area contributed by atoms with E-state index in [0.717, 1.165) is 12.1 Å². The van der Waals surface area contributed by atoms with Gasteiger partial charge in [-0.15, -0.1) is 0 Å². The number of urea groups is 1. The van der Waals surface area contributed by atoms with Gasteiger partial charge in [-0.05, 0) is 70.2 Å². The Hall–Kier alpha value is -2.93. The average molecular weight is 490 g/mol. The van der Waals surface area contributed by atoms with Crippen LogP contribution in [0.25, 0.3) is 0 Å². The highest BCUT2D eigenvalue weighted by Gasteiger charge is 2.49. The topological polar surface area (TPSA) is 109 Å². The summed E-state index contributed by atoms with van der Waals surface area (Å²) in [6.45, 7) is 4.09. The van der Waals surface area contributed by atoms with Gasteiger partial charge in [0.25, 0.3) is 0 Å². The Morgan fingerprint density at radius 3 is 2.31 bits per heavy atom. The van der Waals surface area contributed by atoms with E-state index < -0.39 is 35.4 Å². The van der Waals surface area contributed by atoms with Crippen molar-refractivity contribution in [2.24, 2.45) is 5.41 Å². The van der Waals surface area contributed by atoms with Crippen LogP contribution in [0.15, 0.2) is 24.3 Å². The number of nitrogens with zero attached hydrogens (tertiary/aromatic N) is 3. The molecule has 3 fully saturated rings. The number of alkyl halides is 1. The summed E-state index contributed by atoms with van der Waals surface area (Å²) in [4.78, 5) is 29.2. The second-order valence-corrected chi connectivity index (χ2v) is 10.8. The highest BCUT2D eigenvalue weighted by atomic mass is 19.1. The van der Waals surface area contributed by atoms with E-state index >= 15 is 0 Å². The van der Waals surface area contributed by atoms with Crippen molar-refractivity contribution < 1.29 is 23.5 Å². The normalized spacial score (nSPS) is 23.5. The first-order valence-electron chi connectivity index (χ1n) is 12.1. The predicted molar refractivity (Wildman–Crippen MR) is 125 cm³/mol. The van der Waals surface area contributed by atoms with Crippen LogP contribution in [0.5, 0.6) is 0 Å². The molecule has 3 N–H and O–H groups in total. The summed E-state index contributed by atoms with van der Waals surface area (Å²) >= 11 is 0. The molecule has 2 aliphatic heterocycles. The molecule has 2 saturated heterocycles. The van der Waals surface area contributed by atoms with Gasteiger partial charge in [0.15, 0.2) is 0 Å². The lowest BCUT2D eigenvalue weighted by atomic mass is 9.76. The maximum Gasteiger partial charge on any atom is 0.318 e. The Morgan fingerprint density at radius 1 is 1.17 bits per heavy atom. The first kappa shape index (κ1) is 25.2. The summed E-state index contributed by atoms with van der Waals surface area (Å²) < 4.78 is 27.7. The molecular weight excluding hydrogens is 456 g/mol. The summed E-state index contributed by atoms with van der Waals surface area (Å²) in [6, 6.07) is 6.54. The van der Waals surface area contributed by atoms with Gasteiger partial charge < -0.3 is 25.5 Å². The number of likely N-dealkylation sites (tertiary alicyclic amines) is 1. The van der Waals surface area contributed by atoms with Crippen molar-refractivity contribution in [1.29, 1.82) is 5.26 Å². The molecule has 3 amide bonds. The fourth-order valence-corrected chi connectivity index (χ4v) is 5.14. The van der Waals surface area contributed by atoms with E-state index in [2.05, 4.69) is 16.7 Å². The molecule has 190 valence electrons. The monoisotopic (exact) mass is 489 g/mol. The summed E-state index contributed by atoms with van der Waals surface area (Å²) in [5, 5.41) is 25.7. The molecule has 0 aromatic heterocycles. The molecule has 1 unspecified atom stereocenters. The maximum atomic E-state index is 14.4. The Balaban J connectivity index is 1.36. The highest BCUT2D eigenvalue weighted by molar-refractivity contribution is 5.88. The van der Waals surface area contributed by atoms with Crippen molar-refractivity contribution in [3.8, 4) is 6.07 Å². The van der Waals surface area contributed by atoms with E-state index in [4.69, 9.17) is 0 Å². The van der Waals surface area contributed by atoms with Crippen LogP contribution in [0.4, 0.5) is 19.3 Å². The fraction of sp³-hybridized carbons (Fsp3) is 0.640. The zero-order valence-electron chi connectivity index (χ0n) is 20.2. The number of anilines is 1. The molecule has 3 aliphatic rings. The lowest BCUT2D eigenvalue weighted by Gasteiger charge is -2.42. The van der Waals surface area contributed by atoms with Crippen LogP contribution < -0.4 is 15.5 Å². The molecule has 2 heterocycles. The van der Waals surface area contributed by atoms with Crippen molar-refractivity contribution in [1.82, 2.24) is 15.5 Å². The first-order chi connectivity index (χ1) is 16.5. The Morgan fingerprint density at radius 2 is 1.77 bits per heavy atom. The van der Waals surface area contributed by atoms with Gasteiger partial charge in [-0.3, -0.25) is 4.79 Å². The molecule has 10 heteroatoms. The van der Waals surface area contributed by atoms with Crippen molar-refractivity contribution in [3.63, 3.8) is 0 Å². The number of nitrogens with one attached hydrogen (secondary N) is 2. The SMILES string of the molecule is CC(C)(F)C[C@H](NC(=O)N1CCC2(CC1)CCN(c1ccc(F)cc1)C2O)C(=O)NC1(C#N)CC1. The van der Waals surface area contributed by atoms with Gasteiger partial charge in [0.1, 0.15) is 29.3 Å². The van der Waals surface area contributed by atoms with Crippen LogP contribution >= 0.6 is 0 Å².